The molecule has 1 aromatic rings. The van der Waals surface area contributed by atoms with Crippen LogP contribution >= 0.6 is 0 Å². The molecule has 1 aliphatic rings. The van der Waals surface area contributed by atoms with Gasteiger partial charge in [0, 0.05) is 13.0 Å². The molecule has 0 bridgehead atoms. The van der Waals surface area contributed by atoms with Gasteiger partial charge in [-0.25, -0.2) is 4.39 Å². The smallest absolute Gasteiger partial charge is 0.197 e. The molecule has 1 aliphatic heterocycles. The summed E-state index contributed by atoms with van der Waals surface area (Å²) in [5.41, 5.74) is 0.829. The molecule has 4 heteroatoms. The molecule has 1 heterocycles. The maximum absolute atomic E-state index is 13.7. The zero-order chi connectivity index (χ0) is 11.4. The molecule has 0 atom stereocenters. The molecule has 0 radical (unpaired) electrons. The molecule has 1 N–H and O–H groups in total. The molecule has 0 aromatic heterocycles. The summed E-state index contributed by atoms with van der Waals surface area (Å²) in [6, 6.07) is 3.24. The van der Waals surface area contributed by atoms with Crippen LogP contribution in [-0.4, -0.2) is 24.9 Å². The van der Waals surface area contributed by atoms with Crippen LogP contribution in [0.3, 0.4) is 0 Å². The standard InChI is InChI=1S/C12H15FO3/c13-10-7-9(3-1-4-14)8-11-12(10)16-6-2-5-15-11/h7-8,14H,1-6H2. The fourth-order valence-electron chi connectivity index (χ4n) is 1.71. The van der Waals surface area contributed by atoms with Gasteiger partial charge in [0.1, 0.15) is 0 Å². The van der Waals surface area contributed by atoms with Gasteiger partial charge in [0.2, 0.25) is 0 Å². The Balaban J connectivity index is 2.24. The van der Waals surface area contributed by atoms with E-state index in [9.17, 15) is 4.39 Å². The quantitative estimate of drug-likeness (QED) is 0.855. The maximum Gasteiger partial charge on any atom is 0.197 e. The summed E-state index contributed by atoms with van der Waals surface area (Å²) >= 11 is 0. The van der Waals surface area contributed by atoms with Crippen LogP contribution in [0.5, 0.6) is 11.5 Å². The van der Waals surface area contributed by atoms with E-state index in [1.54, 1.807) is 6.07 Å². The highest BCUT2D eigenvalue weighted by atomic mass is 19.1. The Morgan fingerprint density at radius 3 is 2.88 bits per heavy atom. The van der Waals surface area contributed by atoms with Crippen molar-refractivity contribution in [1.82, 2.24) is 0 Å². The molecule has 0 spiro atoms. The molecular weight excluding hydrogens is 211 g/mol. The first kappa shape index (κ1) is 11.2. The van der Waals surface area contributed by atoms with Crippen molar-refractivity contribution < 1.29 is 19.0 Å². The third-order valence-corrected chi connectivity index (χ3v) is 2.49. The number of aliphatic hydroxyl groups excluding tert-OH is 1. The number of rotatable bonds is 3. The molecule has 88 valence electrons. The third kappa shape index (κ3) is 2.44. The van der Waals surface area contributed by atoms with Crippen molar-refractivity contribution in [3.63, 3.8) is 0 Å². The highest BCUT2D eigenvalue weighted by molar-refractivity contribution is 5.44. The first-order chi connectivity index (χ1) is 7.81. The van der Waals surface area contributed by atoms with Gasteiger partial charge in [-0.1, -0.05) is 0 Å². The Bertz CT molecular complexity index is 366. The average molecular weight is 226 g/mol. The minimum Gasteiger partial charge on any atom is -0.489 e. The van der Waals surface area contributed by atoms with E-state index in [4.69, 9.17) is 14.6 Å². The summed E-state index contributed by atoms with van der Waals surface area (Å²) in [7, 11) is 0. The molecule has 0 saturated carbocycles. The second-order valence-corrected chi connectivity index (χ2v) is 3.78. The molecule has 0 unspecified atom stereocenters. The van der Waals surface area contributed by atoms with Gasteiger partial charge in [0.25, 0.3) is 0 Å². The maximum atomic E-state index is 13.7. The van der Waals surface area contributed by atoms with E-state index in [1.165, 1.54) is 6.07 Å². The zero-order valence-electron chi connectivity index (χ0n) is 9.04. The van der Waals surface area contributed by atoms with Gasteiger partial charge in [-0.2, -0.15) is 0 Å². The van der Waals surface area contributed by atoms with Crippen LogP contribution < -0.4 is 9.47 Å². The topological polar surface area (TPSA) is 38.7 Å². The molecule has 1 aromatic carbocycles. The van der Waals surface area contributed by atoms with E-state index in [0.717, 1.165) is 12.0 Å². The minimum atomic E-state index is -0.382. The van der Waals surface area contributed by atoms with E-state index in [2.05, 4.69) is 0 Å². The molecule has 0 fully saturated rings. The van der Waals surface area contributed by atoms with E-state index >= 15 is 0 Å². The predicted molar refractivity (Wildman–Crippen MR) is 57.4 cm³/mol. The summed E-state index contributed by atoms with van der Waals surface area (Å²) in [6.07, 6.45) is 2.03. The van der Waals surface area contributed by atoms with Gasteiger partial charge in [0.15, 0.2) is 17.3 Å². The Morgan fingerprint density at radius 2 is 2.06 bits per heavy atom. The van der Waals surface area contributed by atoms with Crippen molar-refractivity contribution >= 4 is 0 Å². The summed E-state index contributed by atoms with van der Waals surface area (Å²) in [5.74, 6) is 0.308. The lowest BCUT2D eigenvalue weighted by Crippen LogP contribution is -1.98. The monoisotopic (exact) mass is 226 g/mol. The second-order valence-electron chi connectivity index (χ2n) is 3.78. The van der Waals surface area contributed by atoms with E-state index in [1.807, 2.05) is 0 Å². The van der Waals surface area contributed by atoms with Crippen molar-refractivity contribution in [2.24, 2.45) is 0 Å². The zero-order valence-corrected chi connectivity index (χ0v) is 9.04. The first-order valence-corrected chi connectivity index (χ1v) is 5.50. The van der Waals surface area contributed by atoms with Crippen molar-refractivity contribution in [1.29, 1.82) is 0 Å². The van der Waals surface area contributed by atoms with Gasteiger partial charge in [-0.15, -0.1) is 0 Å². The largest absolute Gasteiger partial charge is 0.489 e. The lowest BCUT2D eigenvalue weighted by Gasteiger charge is -2.10. The SMILES string of the molecule is OCCCc1cc(F)c2c(c1)OCCCO2. The molecular formula is C12H15FO3. The summed E-state index contributed by atoms with van der Waals surface area (Å²) in [6.45, 7) is 1.14. The van der Waals surface area contributed by atoms with Crippen molar-refractivity contribution in [2.75, 3.05) is 19.8 Å². The number of hydrogen-bond donors (Lipinski definition) is 1. The Morgan fingerprint density at radius 1 is 1.25 bits per heavy atom. The lowest BCUT2D eigenvalue weighted by molar-refractivity contribution is 0.288. The van der Waals surface area contributed by atoms with Crippen LogP contribution in [0.2, 0.25) is 0 Å². The van der Waals surface area contributed by atoms with Crippen LogP contribution in [0.1, 0.15) is 18.4 Å². The second kappa shape index (κ2) is 5.16. The summed E-state index contributed by atoms with van der Waals surface area (Å²) in [5, 5.41) is 8.73. The minimum absolute atomic E-state index is 0.107. The number of aryl methyl sites for hydroxylation is 1. The van der Waals surface area contributed by atoms with Gasteiger partial charge in [-0.05, 0) is 30.5 Å². The predicted octanol–water partition coefficient (Wildman–Crippen LogP) is 1.91. The van der Waals surface area contributed by atoms with Crippen LogP contribution in [-0.2, 0) is 6.42 Å². The first-order valence-electron chi connectivity index (χ1n) is 5.50. The molecule has 0 amide bonds. The average Bonchev–Trinajstić information content (AvgIpc) is 2.51. The van der Waals surface area contributed by atoms with Crippen molar-refractivity contribution in [2.45, 2.75) is 19.3 Å². The van der Waals surface area contributed by atoms with Gasteiger partial charge in [0.05, 0.1) is 13.2 Å². The number of benzene rings is 1. The number of aliphatic hydroxyl groups is 1. The van der Waals surface area contributed by atoms with E-state index in [-0.39, 0.29) is 18.2 Å². The molecule has 16 heavy (non-hydrogen) atoms. The van der Waals surface area contributed by atoms with E-state index < -0.39 is 0 Å². The Kier molecular flexibility index (Phi) is 3.62. The number of hydrogen-bond acceptors (Lipinski definition) is 3. The van der Waals surface area contributed by atoms with E-state index in [0.29, 0.717) is 31.8 Å². The number of halogens is 1. The highest BCUT2D eigenvalue weighted by Crippen LogP contribution is 2.33. The van der Waals surface area contributed by atoms with Crippen LogP contribution in [0, 0.1) is 5.82 Å². The van der Waals surface area contributed by atoms with Crippen molar-refractivity contribution in [3.05, 3.63) is 23.5 Å². The lowest BCUT2D eigenvalue weighted by atomic mass is 10.1. The molecule has 0 aliphatic carbocycles. The molecule has 2 rings (SSSR count). The van der Waals surface area contributed by atoms with Crippen molar-refractivity contribution in [3.8, 4) is 11.5 Å². The van der Waals surface area contributed by atoms with Crippen LogP contribution in [0.4, 0.5) is 4.39 Å². The number of fused-ring (bicyclic) bond motifs is 1. The normalized spacial score (nSPS) is 14.6. The third-order valence-electron chi connectivity index (χ3n) is 2.49. The Hall–Kier alpha value is -1.29. The van der Waals surface area contributed by atoms with Gasteiger partial charge >= 0.3 is 0 Å². The van der Waals surface area contributed by atoms with Gasteiger partial charge in [-0.3, -0.25) is 0 Å². The fourth-order valence-corrected chi connectivity index (χ4v) is 1.71. The Labute approximate surface area is 93.8 Å². The fraction of sp³-hybridized carbons (Fsp3) is 0.500. The molecule has 0 saturated heterocycles. The van der Waals surface area contributed by atoms with Crippen LogP contribution in [0.15, 0.2) is 12.1 Å². The summed E-state index contributed by atoms with van der Waals surface area (Å²) in [4.78, 5) is 0. The van der Waals surface area contributed by atoms with Gasteiger partial charge < -0.3 is 14.6 Å². The number of ether oxygens (including phenoxy) is 2. The highest BCUT2D eigenvalue weighted by Gasteiger charge is 2.16. The summed E-state index contributed by atoms with van der Waals surface area (Å²) < 4.78 is 24.4. The van der Waals surface area contributed by atoms with Crippen LogP contribution in [0.25, 0.3) is 0 Å². The molecule has 3 nitrogen and oxygen atoms in total.